The van der Waals surface area contributed by atoms with Gasteiger partial charge in [0.1, 0.15) is 0 Å². The number of unbranched alkanes of at least 4 members (excludes halogenated alkanes) is 1. The predicted octanol–water partition coefficient (Wildman–Crippen LogP) is 1.36. The second-order valence-electron chi connectivity index (χ2n) is 2.17. The van der Waals surface area contributed by atoms with Crippen molar-refractivity contribution in [2.24, 2.45) is 0 Å². The summed E-state index contributed by atoms with van der Waals surface area (Å²) in [5.41, 5.74) is 0. The molecule has 0 rings (SSSR count). The molecule has 0 bridgehead atoms. The highest BCUT2D eigenvalue weighted by Crippen LogP contribution is 1.90. The Balaban J connectivity index is 3.52. The molecule has 0 saturated carbocycles. The minimum Gasteiger partial charge on any atom is -0.248 e. The van der Waals surface area contributed by atoms with E-state index < -0.39 is 11.9 Å². The summed E-state index contributed by atoms with van der Waals surface area (Å²) in [7, 11) is 0. The van der Waals surface area contributed by atoms with Crippen molar-refractivity contribution in [2.75, 3.05) is 0 Å². The van der Waals surface area contributed by atoms with Crippen LogP contribution >= 0.6 is 0 Å². The van der Waals surface area contributed by atoms with Crippen LogP contribution < -0.4 is 0 Å². The maximum absolute atomic E-state index is 10.6. The monoisotopic (exact) mass is 172 g/mol. The molecule has 0 aromatic heterocycles. The molecule has 4 heteroatoms. The number of allylic oxidation sites excluding steroid dienone is 1. The Morgan fingerprint density at radius 2 is 2.00 bits per heavy atom. The third-order valence-corrected chi connectivity index (χ3v) is 0.950. The quantitative estimate of drug-likeness (QED) is 0.366. The summed E-state index contributed by atoms with van der Waals surface area (Å²) >= 11 is 0. The Morgan fingerprint density at radius 1 is 1.33 bits per heavy atom. The first-order valence-corrected chi connectivity index (χ1v) is 3.72. The Hall–Kier alpha value is -1.32. The number of carbonyl (C=O) groups is 2. The van der Waals surface area contributed by atoms with Crippen LogP contribution in [0.4, 0.5) is 0 Å². The molecule has 68 valence electrons. The van der Waals surface area contributed by atoms with E-state index in [0.29, 0.717) is 0 Å². The van der Waals surface area contributed by atoms with E-state index in [4.69, 9.17) is 0 Å². The van der Waals surface area contributed by atoms with Gasteiger partial charge in [-0.25, -0.2) is 19.4 Å². The second kappa shape index (κ2) is 6.39. The number of hydrogen-bond acceptors (Lipinski definition) is 4. The fourth-order valence-electron chi connectivity index (χ4n) is 0.474. The molecule has 0 saturated heterocycles. The van der Waals surface area contributed by atoms with Crippen molar-refractivity contribution < 1.29 is 19.4 Å². The smallest absolute Gasteiger partial charge is 0.248 e. The normalized spacial score (nSPS) is 9.83. The van der Waals surface area contributed by atoms with E-state index in [1.165, 1.54) is 6.08 Å². The van der Waals surface area contributed by atoms with Crippen molar-refractivity contribution in [2.45, 2.75) is 26.7 Å². The lowest BCUT2D eigenvalue weighted by Gasteiger charge is -1.95. The minimum atomic E-state index is -0.668. The van der Waals surface area contributed by atoms with Crippen molar-refractivity contribution in [3.63, 3.8) is 0 Å². The number of hydrogen-bond donors (Lipinski definition) is 0. The summed E-state index contributed by atoms with van der Waals surface area (Å²) in [4.78, 5) is 28.9. The molecule has 0 aromatic rings. The van der Waals surface area contributed by atoms with Gasteiger partial charge in [-0.15, -0.1) is 0 Å². The predicted molar refractivity (Wildman–Crippen MR) is 41.9 cm³/mol. The fraction of sp³-hybridized carbons (Fsp3) is 0.500. The molecular weight excluding hydrogens is 160 g/mol. The molecule has 0 N–H and O–H groups in total. The second-order valence-corrected chi connectivity index (χ2v) is 2.17. The first-order chi connectivity index (χ1) is 5.66. The molecule has 0 aliphatic heterocycles. The molecular formula is C8H12O4. The molecule has 0 aliphatic carbocycles. The van der Waals surface area contributed by atoms with E-state index in [-0.39, 0.29) is 0 Å². The molecule has 0 aliphatic rings. The topological polar surface area (TPSA) is 52.6 Å². The fourth-order valence-corrected chi connectivity index (χ4v) is 0.474. The average Bonchev–Trinajstić information content (AvgIpc) is 2.01. The molecule has 0 unspecified atom stereocenters. The van der Waals surface area contributed by atoms with E-state index in [0.717, 1.165) is 19.8 Å². The van der Waals surface area contributed by atoms with E-state index in [1.807, 2.05) is 6.92 Å². The molecule has 0 aromatic carbocycles. The average molecular weight is 172 g/mol. The number of rotatable bonds is 3. The molecule has 0 spiro atoms. The van der Waals surface area contributed by atoms with Gasteiger partial charge >= 0.3 is 11.9 Å². The molecule has 0 fully saturated rings. The van der Waals surface area contributed by atoms with Crippen molar-refractivity contribution in [1.82, 2.24) is 0 Å². The van der Waals surface area contributed by atoms with E-state index in [1.54, 1.807) is 6.08 Å². The summed E-state index contributed by atoms with van der Waals surface area (Å²) in [6.07, 6.45) is 4.64. The van der Waals surface area contributed by atoms with Gasteiger partial charge in [0.25, 0.3) is 0 Å². The van der Waals surface area contributed by atoms with Crippen LogP contribution in [-0.4, -0.2) is 11.9 Å². The zero-order valence-electron chi connectivity index (χ0n) is 7.20. The zero-order valence-corrected chi connectivity index (χ0v) is 7.20. The molecule has 0 atom stereocenters. The molecule has 12 heavy (non-hydrogen) atoms. The molecule has 4 nitrogen and oxygen atoms in total. The van der Waals surface area contributed by atoms with Gasteiger partial charge < -0.3 is 0 Å². The van der Waals surface area contributed by atoms with Gasteiger partial charge in [0.05, 0.1) is 0 Å². The highest BCUT2D eigenvalue weighted by molar-refractivity contribution is 5.82. The highest BCUT2D eigenvalue weighted by atomic mass is 17.2. The highest BCUT2D eigenvalue weighted by Gasteiger charge is 1.99. The molecule has 0 heterocycles. The van der Waals surface area contributed by atoms with Crippen LogP contribution in [0, 0.1) is 0 Å². The standard InChI is InChI=1S/C8H12O4/c1-3-4-5-6-8(10)12-11-7(2)9/h5-6H,3-4H2,1-2H3. The summed E-state index contributed by atoms with van der Waals surface area (Å²) in [6, 6.07) is 0. The minimum absolute atomic E-state index is 0.646. The lowest BCUT2D eigenvalue weighted by molar-refractivity contribution is -0.253. The molecule has 0 amide bonds. The number of carbonyl (C=O) groups excluding carboxylic acids is 2. The summed E-state index contributed by atoms with van der Waals surface area (Å²) < 4.78 is 0. The first-order valence-electron chi connectivity index (χ1n) is 3.72. The van der Waals surface area contributed by atoms with E-state index in [2.05, 4.69) is 9.78 Å². The van der Waals surface area contributed by atoms with Gasteiger partial charge in [-0.3, -0.25) is 0 Å². The van der Waals surface area contributed by atoms with Crippen molar-refractivity contribution in [3.05, 3.63) is 12.2 Å². The zero-order chi connectivity index (χ0) is 9.40. The van der Waals surface area contributed by atoms with Crippen LogP contribution in [0.1, 0.15) is 26.7 Å². The third kappa shape index (κ3) is 6.80. The van der Waals surface area contributed by atoms with E-state index >= 15 is 0 Å². The van der Waals surface area contributed by atoms with Crippen molar-refractivity contribution in [1.29, 1.82) is 0 Å². The van der Waals surface area contributed by atoms with Gasteiger partial charge in [-0.2, -0.15) is 0 Å². The Bertz CT molecular complexity index is 183. The Morgan fingerprint density at radius 3 is 2.50 bits per heavy atom. The van der Waals surface area contributed by atoms with Crippen LogP contribution in [0.2, 0.25) is 0 Å². The van der Waals surface area contributed by atoms with Gasteiger partial charge in [-0.05, 0) is 6.42 Å². The SMILES string of the molecule is CCCC=CC(=O)OOC(C)=O. The van der Waals surface area contributed by atoms with E-state index in [9.17, 15) is 9.59 Å². The summed E-state index contributed by atoms with van der Waals surface area (Å²) in [5.74, 6) is -1.31. The summed E-state index contributed by atoms with van der Waals surface area (Å²) in [5, 5.41) is 0. The van der Waals surface area contributed by atoms with Crippen LogP contribution in [0.15, 0.2) is 12.2 Å². The van der Waals surface area contributed by atoms with Crippen LogP contribution in [0.5, 0.6) is 0 Å². The first kappa shape index (κ1) is 10.7. The largest absolute Gasteiger partial charge is 0.378 e. The maximum atomic E-state index is 10.6. The lowest BCUT2D eigenvalue weighted by atomic mass is 10.3. The Labute approximate surface area is 71.1 Å². The van der Waals surface area contributed by atoms with Crippen molar-refractivity contribution in [3.8, 4) is 0 Å². The van der Waals surface area contributed by atoms with Crippen molar-refractivity contribution >= 4 is 11.9 Å². The molecule has 0 radical (unpaired) electrons. The van der Waals surface area contributed by atoms with Crippen LogP contribution in [0.25, 0.3) is 0 Å². The third-order valence-electron chi connectivity index (χ3n) is 0.950. The lowest BCUT2D eigenvalue weighted by Crippen LogP contribution is -2.05. The summed E-state index contributed by atoms with van der Waals surface area (Å²) in [6.45, 7) is 3.14. The van der Waals surface area contributed by atoms with Gasteiger partial charge in [0.15, 0.2) is 0 Å². The van der Waals surface area contributed by atoms with Gasteiger partial charge in [0, 0.05) is 13.0 Å². The maximum Gasteiger partial charge on any atom is 0.378 e. The van der Waals surface area contributed by atoms with Crippen LogP contribution in [-0.2, 0) is 19.4 Å². The van der Waals surface area contributed by atoms with Gasteiger partial charge in [0.2, 0.25) is 0 Å². The Kier molecular flexibility index (Phi) is 5.69. The van der Waals surface area contributed by atoms with Crippen LogP contribution in [0.3, 0.4) is 0 Å². The van der Waals surface area contributed by atoms with Gasteiger partial charge in [-0.1, -0.05) is 19.4 Å².